The first-order chi connectivity index (χ1) is 13.7. The van der Waals surface area contributed by atoms with E-state index in [9.17, 15) is 9.59 Å². The summed E-state index contributed by atoms with van der Waals surface area (Å²) in [5.74, 6) is 1.03. The summed E-state index contributed by atoms with van der Waals surface area (Å²) < 4.78 is 0. The van der Waals surface area contributed by atoms with Crippen LogP contribution < -0.4 is 0 Å². The lowest BCUT2D eigenvalue weighted by atomic mass is 9.96. The number of hydrogen-bond donors (Lipinski definition) is 0. The molecule has 1 unspecified atom stereocenters. The van der Waals surface area contributed by atoms with E-state index >= 15 is 0 Å². The van der Waals surface area contributed by atoms with E-state index < -0.39 is 0 Å². The van der Waals surface area contributed by atoms with Gasteiger partial charge in [-0.05, 0) is 53.6 Å². The Kier molecular flexibility index (Phi) is 4.99. The highest BCUT2D eigenvalue weighted by Gasteiger charge is 2.41. The van der Waals surface area contributed by atoms with Crippen LogP contribution in [0.15, 0.2) is 29.0 Å². The number of carbonyl (C=O) groups excluding carboxylic acids is 2. The Hall–Kier alpha value is -1.70. The quantitative estimate of drug-likeness (QED) is 0.771. The second kappa shape index (κ2) is 7.61. The number of thiophene rings is 2. The van der Waals surface area contributed by atoms with Crippen molar-refractivity contribution >= 4 is 34.5 Å². The van der Waals surface area contributed by atoms with Gasteiger partial charge in [0.2, 0.25) is 5.91 Å². The molecular formula is C21H25N3O2S2. The third-order valence-corrected chi connectivity index (χ3v) is 8.03. The van der Waals surface area contributed by atoms with Gasteiger partial charge in [-0.15, -0.1) is 22.7 Å². The van der Waals surface area contributed by atoms with Gasteiger partial charge in [-0.25, -0.2) is 0 Å². The van der Waals surface area contributed by atoms with Gasteiger partial charge in [0.1, 0.15) is 0 Å². The van der Waals surface area contributed by atoms with Gasteiger partial charge in [0.15, 0.2) is 0 Å². The van der Waals surface area contributed by atoms with E-state index in [1.807, 2.05) is 38.6 Å². The molecule has 0 radical (unpaired) electrons. The van der Waals surface area contributed by atoms with E-state index in [1.165, 1.54) is 34.6 Å². The lowest BCUT2D eigenvalue weighted by molar-refractivity contribution is -0.134. The number of rotatable bonds is 4. The first-order valence-electron chi connectivity index (χ1n) is 10.1. The van der Waals surface area contributed by atoms with Crippen LogP contribution in [0.2, 0.25) is 0 Å². The normalized spacial score (nSPS) is 22.9. The van der Waals surface area contributed by atoms with Gasteiger partial charge in [0.05, 0.1) is 11.4 Å². The molecular weight excluding hydrogens is 390 g/mol. The number of amides is 2. The minimum atomic E-state index is 0.0944. The van der Waals surface area contributed by atoms with Crippen LogP contribution in [-0.2, 0) is 11.2 Å². The van der Waals surface area contributed by atoms with Gasteiger partial charge in [-0.3, -0.25) is 14.5 Å². The molecule has 28 heavy (non-hydrogen) atoms. The van der Waals surface area contributed by atoms with Crippen LogP contribution >= 0.6 is 22.7 Å². The Morgan fingerprint density at radius 2 is 1.75 bits per heavy atom. The third-order valence-electron chi connectivity index (χ3n) is 6.18. The molecule has 1 atom stereocenters. The molecule has 5 nitrogen and oxygen atoms in total. The van der Waals surface area contributed by atoms with Crippen molar-refractivity contribution in [3.8, 4) is 0 Å². The largest absolute Gasteiger partial charge is 0.338 e. The maximum atomic E-state index is 13.0. The van der Waals surface area contributed by atoms with E-state index in [4.69, 9.17) is 0 Å². The molecule has 0 bridgehead atoms. The van der Waals surface area contributed by atoms with Crippen molar-refractivity contribution in [3.63, 3.8) is 0 Å². The minimum Gasteiger partial charge on any atom is -0.338 e. The number of hydrogen-bond acceptors (Lipinski definition) is 5. The molecule has 4 heterocycles. The zero-order valence-corrected chi connectivity index (χ0v) is 17.5. The summed E-state index contributed by atoms with van der Waals surface area (Å²) in [5.41, 5.74) is 1.47. The SMILES string of the molecule is O=C(CN1CCc2sccc2C1C1CC1)N1CCN(C(=O)c2cccs2)CC1. The molecule has 2 aliphatic heterocycles. The molecule has 148 valence electrons. The summed E-state index contributed by atoms with van der Waals surface area (Å²) in [6, 6.07) is 6.48. The van der Waals surface area contributed by atoms with Crippen LogP contribution in [0.25, 0.3) is 0 Å². The van der Waals surface area contributed by atoms with E-state index in [0.29, 0.717) is 38.8 Å². The van der Waals surface area contributed by atoms with Gasteiger partial charge in [-0.1, -0.05) is 6.07 Å². The van der Waals surface area contributed by atoms with Gasteiger partial charge in [-0.2, -0.15) is 0 Å². The number of nitrogens with zero attached hydrogens (tertiary/aromatic N) is 3. The lowest BCUT2D eigenvalue weighted by Gasteiger charge is -2.39. The Morgan fingerprint density at radius 1 is 0.964 bits per heavy atom. The van der Waals surface area contributed by atoms with Crippen LogP contribution in [0, 0.1) is 5.92 Å². The molecule has 0 spiro atoms. The minimum absolute atomic E-state index is 0.0944. The zero-order chi connectivity index (χ0) is 19.1. The Morgan fingerprint density at radius 3 is 2.46 bits per heavy atom. The monoisotopic (exact) mass is 415 g/mol. The highest BCUT2D eigenvalue weighted by Crippen LogP contribution is 2.48. The van der Waals surface area contributed by atoms with Crippen molar-refractivity contribution in [1.29, 1.82) is 0 Å². The third kappa shape index (κ3) is 3.51. The zero-order valence-electron chi connectivity index (χ0n) is 15.9. The van der Waals surface area contributed by atoms with E-state index in [-0.39, 0.29) is 11.8 Å². The fourth-order valence-corrected chi connectivity index (χ4v) is 6.13. The average Bonchev–Trinajstić information content (AvgIpc) is 3.19. The molecule has 1 saturated heterocycles. The van der Waals surface area contributed by atoms with E-state index in [0.717, 1.165) is 23.8 Å². The Bertz CT molecular complexity index is 851. The van der Waals surface area contributed by atoms with Crippen LogP contribution in [0.4, 0.5) is 0 Å². The summed E-state index contributed by atoms with van der Waals surface area (Å²) in [4.78, 5) is 34.0. The van der Waals surface area contributed by atoms with Crippen LogP contribution in [0.5, 0.6) is 0 Å². The van der Waals surface area contributed by atoms with Crippen LogP contribution in [0.3, 0.4) is 0 Å². The molecule has 5 rings (SSSR count). The predicted molar refractivity (Wildman–Crippen MR) is 112 cm³/mol. The summed E-state index contributed by atoms with van der Waals surface area (Å²) in [7, 11) is 0. The average molecular weight is 416 g/mol. The summed E-state index contributed by atoms with van der Waals surface area (Å²) >= 11 is 3.35. The molecule has 7 heteroatoms. The van der Waals surface area contributed by atoms with Gasteiger partial charge >= 0.3 is 0 Å². The van der Waals surface area contributed by atoms with Gasteiger partial charge in [0.25, 0.3) is 5.91 Å². The highest BCUT2D eigenvalue weighted by atomic mass is 32.1. The maximum absolute atomic E-state index is 13.0. The Balaban J connectivity index is 1.19. The summed E-state index contributed by atoms with van der Waals surface area (Å²) in [5, 5.41) is 4.13. The van der Waals surface area contributed by atoms with Gasteiger partial charge in [0, 0.05) is 43.6 Å². The number of carbonyl (C=O) groups is 2. The standard InChI is InChI=1S/C21H25N3O2S2/c25-19(22-8-10-23(11-9-22)21(26)18-2-1-12-27-18)14-24-7-5-17-16(6-13-28-17)20(24)15-3-4-15/h1-2,6,12-13,15,20H,3-5,7-11,14H2. The topological polar surface area (TPSA) is 43.9 Å². The molecule has 2 amide bonds. The van der Waals surface area contributed by atoms with E-state index in [1.54, 1.807) is 0 Å². The lowest BCUT2D eigenvalue weighted by Crippen LogP contribution is -2.53. The van der Waals surface area contributed by atoms with Crippen molar-refractivity contribution in [3.05, 3.63) is 44.3 Å². The second-order valence-corrected chi connectivity index (χ2v) is 9.90. The molecule has 3 aliphatic rings. The fourth-order valence-electron chi connectivity index (χ4n) is 4.53. The molecule has 0 aromatic carbocycles. The first-order valence-corrected chi connectivity index (χ1v) is 11.9. The smallest absolute Gasteiger partial charge is 0.264 e. The Labute approximate surface area is 173 Å². The molecule has 2 aromatic heterocycles. The first kappa shape index (κ1) is 18.3. The van der Waals surface area contributed by atoms with E-state index in [2.05, 4.69) is 16.3 Å². The predicted octanol–water partition coefficient (Wildman–Crippen LogP) is 3.10. The maximum Gasteiger partial charge on any atom is 0.264 e. The van der Waals surface area contributed by atoms with Crippen molar-refractivity contribution in [2.75, 3.05) is 39.3 Å². The van der Waals surface area contributed by atoms with Gasteiger partial charge < -0.3 is 9.80 Å². The fraction of sp³-hybridized carbons (Fsp3) is 0.524. The van der Waals surface area contributed by atoms with Crippen molar-refractivity contribution in [2.45, 2.75) is 25.3 Å². The molecule has 0 N–H and O–H groups in total. The van der Waals surface area contributed by atoms with Crippen molar-refractivity contribution in [1.82, 2.24) is 14.7 Å². The van der Waals surface area contributed by atoms with Crippen molar-refractivity contribution in [2.24, 2.45) is 5.92 Å². The summed E-state index contributed by atoms with van der Waals surface area (Å²) in [6.07, 6.45) is 3.63. The highest BCUT2D eigenvalue weighted by molar-refractivity contribution is 7.12. The molecule has 1 saturated carbocycles. The molecule has 2 fully saturated rings. The molecule has 2 aromatic rings. The number of fused-ring (bicyclic) bond motifs is 1. The second-order valence-electron chi connectivity index (χ2n) is 7.95. The van der Waals surface area contributed by atoms with Crippen LogP contribution in [-0.4, -0.2) is 65.8 Å². The molecule has 1 aliphatic carbocycles. The summed E-state index contributed by atoms with van der Waals surface area (Å²) in [6.45, 7) is 4.03. The van der Waals surface area contributed by atoms with Crippen LogP contribution in [0.1, 0.15) is 39.0 Å². The number of piperazine rings is 1. The van der Waals surface area contributed by atoms with Crippen molar-refractivity contribution < 1.29 is 9.59 Å².